The second-order valence-corrected chi connectivity index (χ2v) is 10.5. The molecule has 1 saturated carbocycles. The minimum atomic E-state index is -1.54. The molecule has 0 radical (unpaired) electrons. The summed E-state index contributed by atoms with van der Waals surface area (Å²) in [7, 11) is 0. The Bertz CT molecular complexity index is 798. The zero-order valence-electron chi connectivity index (χ0n) is 22.0. The van der Waals surface area contributed by atoms with Gasteiger partial charge in [-0.1, -0.05) is 6.92 Å². The lowest BCUT2D eigenvalue weighted by molar-refractivity contribution is -0.315. The average molecular weight is 569 g/mol. The number of carbonyl (C=O) groups excluding carboxylic acids is 1. The van der Waals surface area contributed by atoms with E-state index >= 15 is 0 Å². The molecule has 8 unspecified atom stereocenters. The fourth-order valence-electron chi connectivity index (χ4n) is 5.19. The van der Waals surface area contributed by atoms with Crippen molar-refractivity contribution in [3.63, 3.8) is 0 Å². The monoisotopic (exact) mass is 568 g/mol. The van der Waals surface area contributed by atoms with Gasteiger partial charge in [-0.25, -0.2) is 0 Å². The quantitative estimate of drug-likeness (QED) is 0.117. The zero-order chi connectivity index (χ0) is 29.2. The number of nitrogens with two attached hydrogens (primary N) is 3. The summed E-state index contributed by atoms with van der Waals surface area (Å²) in [6.07, 6.45) is -17.1. The van der Waals surface area contributed by atoms with Gasteiger partial charge in [-0.15, -0.1) is 0 Å². The molecule has 0 aromatic carbocycles. The van der Waals surface area contributed by atoms with Crippen LogP contribution in [0, 0.1) is 0 Å². The zero-order valence-corrected chi connectivity index (χ0v) is 22.0. The van der Waals surface area contributed by atoms with Gasteiger partial charge in [0.1, 0.15) is 54.9 Å². The number of carbonyl (C=O) groups is 1. The Hall–Kier alpha value is -1.09. The van der Waals surface area contributed by atoms with E-state index in [1.54, 1.807) is 6.92 Å². The summed E-state index contributed by atoms with van der Waals surface area (Å²) in [6.45, 7) is 3.13. The largest absolute Gasteiger partial charge is 0.391 e. The van der Waals surface area contributed by atoms with E-state index in [1.165, 1.54) is 6.92 Å². The smallest absolute Gasteiger partial charge is 0.249 e. The van der Waals surface area contributed by atoms with E-state index in [2.05, 4.69) is 5.32 Å². The third-order valence-electron chi connectivity index (χ3n) is 7.56. The third-order valence-corrected chi connectivity index (χ3v) is 7.56. The van der Waals surface area contributed by atoms with Gasteiger partial charge in [0.25, 0.3) is 0 Å². The van der Waals surface area contributed by atoms with Gasteiger partial charge in [-0.05, 0) is 32.7 Å². The average Bonchev–Trinajstić information content (AvgIpc) is 3.16. The Morgan fingerprint density at radius 2 is 1.59 bits per heavy atom. The van der Waals surface area contributed by atoms with Crippen molar-refractivity contribution in [2.75, 3.05) is 6.54 Å². The normalized spacial score (nSPS) is 46.6. The molecular weight excluding hydrogens is 524 g/mol. The maximum atomic E-state index is 12.4. The van der Waals surface area contributed by atoms with Crippen molar-refractivity contribution in [1.29, 1.82) is 0 Å². The van der Waals surface area contributed by atoms with Gasteiger partial charge in [0.2, 0.25) is 5.91 Å². The van der Waals surface area contributed by atoms with E-state index in [9.17, 15) is 40.5 Å². The molecule has 3 aliphatic rings. The molecule has 0 bridgehead atoms. The molecule has 16 nitrogen and oxygen atoms in total. The number of hydrogen-bond acceptors (Lipinski definition) is 15. The van der Waals surface area contributed by atoms with Crippen LogP contribution in [0.2, 0.25) is 0 Å². The van der Waals surface area contributed by atoms with Gasteiger partial charge < -0.3 is 77.2 Å². The first-order chi connectivity index (χ1) is 18.3. The lowest BCUT2D eigenvalue weighted by atomic mass is 9.83. The minimum absolute atomic E-state index is 0.0136. The molecule has 0 aromatic rings. The topological polar surface area (TPSA) is 286 Å². The molecule has 16 atom stereocenters. The summed E-state index contributed by atoms with van der Waals surface area (Å²) in [5.41, 5.74) is 17.8. The Morgan fingerprint density at radius 1 is 0.949 bits per heavy atom. The fourth-order valence-corrected chi connectivity index (χ4v) is 5.19. The maximum Gasteiger partial charge on any atom is 0.249 e. The standard InChI is InChI=1S/C23H44N4O12/c1-3-11-14(31)17(34)23(36-11)39-20-13(30)9(27-21(35)10(29)4-5-24)6-8(25)19(20)38-22-12(26)15(32)16(33)18(37-22)7(2)28/h7-20,22-23,28-34H,3-6,24-26H2,1-2H3,(H,27,35)/t7-,8?,9-,10+,11-,12?,13?,14?,15?,16+,17?,18?,19-,20?,22-,23+/m1/s1. The Balaban J connectivity index is 1.85. The van der Waals surface area contributed by atoms with Gasteiger partial charge in [0.15, 0.2) is 12.6 Å². The van der Waals surface area contributed by atoms with E-state index in [1.807, 2.05) is 0 Å². The van der Waals surface area contributed by atoms with Gasteiger partial charge in [-0.2, -0.15) is 0 Å². The van der Waals surface area contributed by atoms with Crippen LogP contribution in [0.15, 0.2) is 0 Å². The molecular formula is C23H44N4O12. The van der Waals surface area contributed by atoms with Crippen molar-refractivity contribution in [3.05, 3.63) is 0 Å². The summed E-state index contributed by atoms with van der Waals surface area (Å²) in [4.78, 5) is 12.4. The molecule has 0 spiro atoms. The molecule has 0 aromatic heterocycles. The molecule has 2 heterocycles. The molecule has 1 aliphatic carbocycles. The van der Waals surface area contributed by atoms with Crippen molar-refractivity contribution in [2.45, 2.75) is 131 Å². The first kappa shape index (κ1) is 32.4. The number of ether oxygens (including phenoxy) is 4. The molecule has 14 N–H and O–H groups in total. The van der Waals surface area contributed by atoms with Crippen LogP contribution >= 0.6 is 0 Å². The number of amides is 1. The number of rotatable bonds is 10. The molecule has 3 rings (SSSR count). The first-order valence-electron chi connectivity index (χ1n) is 13.2. The van der Waals surface area contributed by atoms with Crippen LogP contribution < -0.4 is 22.5 Å². The summed E-state index contributed by atoms with van der Waals surface area (Å²) in [6, 6.07) is -3.29. The van der Waals surface area contributed by atoms with Crippen LogP contribution in [0.25, 0.3) is 0 Å². The predicted octanol–water partition coefficient (Wildman–Crippen LogP) is -5.95. The highest BCUT2D eigenvalue weighted by molar-refractivity contribution is 5.80. The van der Waals surface area contributed by atoms with E-state index in [-0.39, 0.29) is 19.4 Å². The summed E-state index contributed by atoms with van der Waals surface area (Å²) >= 11 is 0. The number of hydrogen-bond donors (Lipinski definition) is 11. The SMILES string of the molecule is CC[C@H]1O[C@@H](OC2C(O)[C@H](NC(=O)[C@@H](O)CCN)CC(N)[C@H]2O[C@H]2OC([C@@H](C)O)[C@@H](O)C(O)C2N)C(O)C1O. The van der Waals surface area contributed by atoms with Gasteiger partial charge >= 0.3 is 0 Å². The Morgan fingerprint density at radius 3 is 2.15 bits per heavy atom. The second-order valence-electron chi connectivity index (χ2n) is 10.5. The Kier molecular flexibility index (Phi) is 11.4. The lowest BCUT2D eigenvalue weighted by Crippen LogP contribution is -2.69. The highest BCUT2D eigenvalue weighted by Gasteiger charge is 2.53. The van der Waals surface area contributed by atoms with Gasteiger partial charge in [-0.3, -0.25) is 4.79 Å². The molecule has 1 amide bonds. The fraction of sp³-hybridized carbons (Fsp3) is 0.957. The summed E-state index contributed by atoms with van der Waals surface area (Å²) < 4.78 is 23.1. The maximum absolute atomic E-state index is 12.4. The van der Waals surface area contributed by atoms with Crippen molar-refractivity contribution in [1.82, 2.24) is 5.32 Å². The lowest BCUT2D eigenvalue weighted by Gasteiger charge is -2.48. The highest BCUT2D eigenvalue weighted by atomic mass is 16.7. The summed E-state index contributed by atoms with van der Waals surface area (Å²) in [5.74, 6) is -0.789. The highest BCUT2D eigenvalue weighted by Crippen LogP contribution is 2.33. The number of aliphatic hydroxyl groups is 7. The van der Waals surface area contributed by atoms with Crippen LogP contribution in [0.3, 0.4) is 0 Å². The van der Waals surface area contributed by atoms with Gasteiger partial charge in [0.05, 0.1) is 24.3 Å². The van der Waals surface area contributed by atoms with E-state index in [0.717, 1.165) is 0 Å². The van der Waals surface area contributed by atoms with Crippen LogP contribution in [0.5, 0.6) is 0 Å². The van der Waals surface area contributed by atoms with Crippen LogP contribution in [0.1, 0.15) is 33.1 Å². The molecule has 16 heteroatoms. The Labute approximate surface area is 225 Å². The molecule has 228 valence electrons. The van der Waals surface area contributed by atoms with E-state index < -0.39 is 104 Å². The second kappa shape index (κ2) is 13.7. The van der Waals surface area contributed by atoms with Crippen LogP contribution in [-0.4, -0.2) is 146 Å². The van der Waals surface area contributed by atoms with Crippen LogP contribution in [-0.2, 0) is 23.7 Å². The van der Waals surface area contributed by atoms with E-state index in [4.69, 9.17) is 36.1 Å². The van der Waals surface area contributed by atoms with Crippen molar-refractivity contribution >= 4 is 5.91 Å². The van der Waals surface area contributed by atoms with Crippen molar-refractivity contribution in [2.24, 2.45) is 17.2 Å². The van der Waals surface area contributed by atoms with Crippen molar-refractivity contribution in [3.8, 4) is 0 Å². The minimum Gasteiger partial charge on any atom is -0.391 e. The van der Waals surface area contributed by atoms with Crippen molar-refractivity contribution < 1.29 is 59.5 Å². The number of nitrogens with one attached hydrogen (secondary N) is 1. The molecule has 2 saturated heterocycles. The predicted molar refractivity (Wildman–Crippen MR) is 131 cm³/mol. The first-order valence-corrected chi connectivity index (χ1v) is 13.2. The molecule has 3 fully saturated rings. The third kappa shape index (κ3) is 7.04. The number of aliphatic hydroxyl groups excluding tert-OH is 7. The van der Waals surface area contributed by atoms with Gasteiger partial charge in [0, 0.05) is 6.04 Å². The molecule has 39 heavy (non-hydrogen) atoms. The van der Waals surface area contributed by atoms with Crippen LogP contribution in [0.4, 0.5) is 0 Å². The molecule has 2 aliphatic heterocycles. The van der Waals surface area contributed by atoms with E-state index in [0.29, 0.717) is 6.42 Å². The summed E-state index contributed by atoms with van der Waals surface area (Å²) in [5, 5.41) is 75.2.